The highest BCUT2D eigenvalue weighted by molar-refractivity contribution is 7.89. The second kappa shape index (κ2) is 8.19. The Labute approximate surface area is 118 Å². The number of hydrogen-bond donors (Lipinski definition) is 1. The summed E-state index contributed by atoms with van der Waals surface area (Å²) in [7, 11) is 0.706. The van der Waals surface area contributed by atoms with E-state index in [1.807, 2.05) is 0 Å². The highest BCUT2D eigenvalue weighted by Crippen LogP contribution is 2.17. The van der Waals surface area contributed by atoms with Crippen LogP contribution in [0.3, 0.4) is 0 Å². The van der Waals surface area contributed by atoms with Crippen LogP contribution in [-0.2, 0) is 10.0 Å². The summed E-state index contributed by atoms with van der Waals surface area (Å²) in [6.07, 6.45) is 3.73. The van der Waals surface area contributed by atoms with E-state index in [1.165, 1.54) is 0 Å². The van der Waals surface area contributed by atoms with Crippen LogP contribution in [0.25, 0.3) is 0 Å². The summed E-state index contributed by atoms with van der Waals surface area (Å²) < 4.78 is 26.1. The minimum atomic E-state index is -3.09. The normalized spacial score (nSPS) is 22.0. The van der Waals surface area contributed by atoms with E-state index >= 15 is 0 Å². The lowest BCUT2D eigenvalue weighted by molar-refractivity contribution is 0.187. The third-order valence-electron chi connectivity index (χ3n) is 3.81. The van der Waals surface area contributed by atoms with Gasteiger partial charge in [0.15, 0.2) is 0 Å². The molecule has 1 unspecified atom stereocenters. The Bertz CT molecular complexity index is 346. The molecular formula is C13H29N3O2S. The molecule has 0 aliphatic carbocycles. The summed E-state index contributed by atoms with van der Waals surface area (Å²) in [5.74, 6) is 0.273. The molecule has 0 aromatic heterocycles. The zero-order valence-corrected chi connectivity index (χ0v) is 13.4. The van der Waals surface area contributed by atoms with E-state index in [0.717, 1.165) is 51.9 Å². The molecule has 0 saturated carbocycles. The van der Waals surface area contributed by atoms with Crippen LogP contribution in [-0.4, -0.2) is 69.7 Å². The number of nitrogens with zero attached hydrogens (tertiary/aromatic N) is 2. The van der Waals surface area contributed by atoms with Gasteiger partial charge in [-0.05, 0) is 52.4 Å². The zero-order valence-electron chi connectivity index (χ0n) is 12.6. The van der Waals surface area contributed by atoms with Crippen LogP contribution in [0.15, 0.2) is 0 Å². The highest BCUT2D eigenvalue weighted by Gasteiger charge is 2.28. The molecule has 0 aromatic rings. The Kier molecular flexibility index (Phi) is 7.28. The van der Waals surface area contributed by atoms with Crippen LogP contribution in [0.4, 0.5) is 0 Å². The van der Waals surface area contributed by atoms with Gasteiger partial charge in [-0.3, -0.25) is 0 Å². The van der Waals surface area contributed by atoms with Crippen molar-refractivity contribution in [2.75, 3.05) is 46.0 Å². The van der Waals surface area contributed by atoms with Gasteiger partial charge in [0.25, 0.3) is 0 Å². The first kappa shape index (κ1) is 16.9. The van der Waals surface area contributed by atoms with E-state index in [0.29, 0.717) is 0 Å². The van der Waals surface area contributed by atoms with Crippen molar-refractivity contribution >= 4 is 10.0 Å². The summed E-state index contributed by atoms with van der Waals surface area (Å²) in [4.78, 5) is 2.21. The lowest BCUT2D eigenvalue weighted by atomic mass is 10.1. The molecule has 0 aromatic carbocycles. The van der Waals surface area contributed by atoms with Gasteiger partial charge in [0.1, 0.15) is 0 Å². The van der Waals surface area contributed by atoms with Gasteiger partial charge in [-0.15, -0.1) is 0 Å². The average Bonchev–Trinajstić information content (AvgIpc) is 2.37. The fourth-order valence-corrected chi connectivity index (χ4v) is 4.00. The van der Waals surface area contributed by atoms with E-state index < -0.39 is 10.0 Å². The van der Waals surface area contributed by atoms with Crippen molar-refractivity contribution in [2.24, 2.45) is 0 Å². The van der Waals surface area contributed by atoms with Crippen LogP contribution in [0.5, 0.6) is 0 Å². The minimum absolute atomic E-state index is 0.150. The molecule has 0 amide bonds. The van der Waals surface area contributed by atoms with E-state index in [2.05, 4.69) is 24.2 Å². The van der Waals surface area contributed by atoms with Crippen molar-refractivity contribution in [3.8, 4) is 0 Å². The lowest BCUT2D eigenvalue weighted by Gasteiger charge is -2.35. The van der Waals surface area contributed by atoms with Gasteiger partial charge in [0.05, 0.1) is 5.75 Å². The highest BCUT2D eigenvalue weighted by atomic mass is 32.2. The summed E-state index contributed by atoms with van der Waals surface area (Å²) in [5.41, 5.74) is 0. The smallest absolute Gasteiger partial charge is 0.214 e. The number of sulfonamides is 1. The maximum atomic E-state index is 12.3. The first-order chi connectivity index (χ1) is 8.97. The fraction of sp³-hybridized carbons (Fsp3) is 1.00. The molecule has 0 radical (unpaired) electrons. The number of nitrogens with one attached hydrogen (secondary N) is 1. The number of rotatable bonds is 8. The van der Waals surface area contributed by atoms with Crippen LogP contribution in [0.2, 0.25) is 0 Å². The van der Waals surface area contributed by atoms with E-state index in [-0.39, 0.29) is 11.8 Å². The first-order valence-corrected chi connectivity index (χ1v) is 8.93. The molecule has 5 nitrogen and oxygen atoms in total. The molecule has 6 heteroatoms. The Morgan fingerprint density at radius 3 is 2.74 bits per heavy atom. The summed E-state index contributed by atoms with van der Waals surface area (Å²) >= 11 is 0. The number of unbranched alkanes of at least 4 members (excludes halogenated alkanes) is 1. The van der Waals surface area contributed by atoms with Crippen molar-refractivity contribution in [3.05, 3.63) is 0 Å². The first-order valence-electron chi connectivity index (χ1n) is 7.32. The van der Waals surface area contributed by atoms with E-state index in [1.54, 1.807) is 11.4 Å². The Morgan fingerprint density at radius 2 is 2.11 bits per heavy atom. The minimum Gasteiger partial charge on any atom is -0.317 e. The fourth-order valence-electron chi connectivity index (χ4n) is 2.52. The van der Waals surface area contributed by atoms with Crippen molar-refractivity contribution < 1.29 is 8.42 Å². The van der Waals surface area contributed by atoms with Crippen LogP contribution < -0.4 is 5.32 Å². The van der Waals surface area contributed by atoms with Crippen molar-refractivity contribution in [3.63, 3.8) is 0 Å². The van der Waals surface area contributed by atoms with Gasteiger partial charge in [-0.1, -0.05) is 6.92 Å². The molecule has 1 fully saturated rings. The monoisotopic (exact) mass is 291 g/mol. The molecule has 0 bridgehead atoms. The molecule has 1 N–H and O–H groups in total. The van der Waals surface area contributed by atoms with Crippen molar-refractivity contribution in [2.45, 2.75) is 38.6 Å². The van der Waals surface area contributed by atoms with Crippen molar-refractivity contribution in [1.82, 2.24) is 14.5 Å². The summed E-state index contributed by atoms with van der Waals surface area (Å²) in [5, 5.41) is 3.22. The second-order valence-electron chi connectivity index (χ2n) is 5.45. The zero-order chi connectivity index (χ0) is 14.3. The molecule has 1 aliphatic heterocycles. The van der Waals surface area contributed by atoms with Crippen LogP contribution in [0, 0.1) is 0 Å². The summed E-state index contributed by atoms with van der Waals surface area (Å²) in [6, 6.07) is 0.150. The SMILES string of the molecule is CCNCCCCS(=O)(=O)N(C)C1CCCN(C)C1. The lowest BCUT2D eigenvalue weighted by Crippen LogP contribution is -2.47. The van der Waals surface area contributed by atoms with Crippen LogP contribution in [0.1, 0.15) is 32.6 Å². The molecule has 1 aliphatic rings. The third kappa shape index (κ3) is 5.77. The maximum absolute atomic E-state index is 12.3. The Morgan fingerprint density at radius 1 is 1.37 bits per heavy atom. The Hall–Kier alpha value is -0.170. The van der Waals surface area contributed by atoms with E-state index in [9.17, 15) is 8.42 Å². The van der Waals surface area contributed by atoms with Crippen LogP contribution >= 0.6 is 0 Å². The quantitative estimate of drug-likeness (QED) is 0.670. The van der Waals surface area contributed by atoms with Gasteiger partial charge >= 0.3 is 0 Å². The molecular weight excluding hydrogens is 262 g/mol. The summed E-state index contributed by atoms with van der Waals surface area (Å²) in [6.45, 7) is 5.84. The van der Waals surface area contributed by atoms with Gasteiger partial charge in [-0.2, -0.15) is 0 Å². The van der Waals surface area contributed by atoms with Gasteiger partial charge in [0, 0.05) is 19.6 Å². The molecule has 0 spiro atoms. The predicted octanol–water partition coefficient (Wildman–Crippen LogP) is 0.732. The topological polar surface area (TPSA) is 52.7 Å². The van der Waals surface area contributed by atoms with Crippen molar-refractivity contribution in [1.29, 1.82) is 0 Å². The number of likely N-dealkylation sites (N-methyl/N-ethyl adjacent to an activating group) is 2. The second-order valence-corrected chi connectivity index (χ2v) is 7.60. The Balaban J connectivity index is 2.38. The molecule has 1 saturated heterocycles. The largest absolute Gasteiger partial charge is 0.317 e. The number of hydrogen-bond acceptors (Lipinski definition) is 4. The predicted molar refractivity (Wildman–Crippen MR) is 79.8 cm³/mol. The molecule has 114 valence electrons. The molecule has 1 rings (SSSR count). The average molecular weight is 291 g/mol. The number of likely N-dealkylation sites (tertiary alicyclic amines) is 1. The van der Waals surface area contributed by atoms with Gasteiger partial charge in [0.2, 0.25) is 10.0 Å². The standard InChI is InChI=1S/C13H29N3O2S/c1-4-14-9-5-6-11-19(17,18)16(3)13-8-7-10-15(2)12-13/h13-14H,4-12H2,1-3H3. The van der Waals surface area contributed by atoms with Gasteiger partial charge < -0.3 is 10.2 Å². The third-order valence-corrected chi connectivity index (χ3v) is 5.79. The van der Waals surface area contributed by atoms with E-state index in [4.69, 9.17) is 0 Å². The maximum Gasteiger partial charge on any atom is 0.214 e. The molecule has 19 heavy (non-hydrogen) atoms. The number of piperidine rings is 1. The molecule has 1 heterocycles. The molecule has 1 atom stereocenters. The van der Waals surface area contributed by atoms with Gasteiger partial charge in [-0.25, -0.2) is 12.7 Å².